The van der Waals surface area contributed by atoms with Crippen LogP contribution in [0.15, 0.2) is 0 Å². The van der Waals surface area contributed by atoms with E-state index in [2.05, 4.69) is 10.6 Å². The first-order valence-electron chi connectivity index (χ1n) is 10.6. The zero-order chi connectivity index (χ0) is 17.1. The first kappa shape index (κ1) is 20.2. The van der Waals surface area contributed by atoms with Gasteiger partial charge in [0.2, 0.25) is 0 Å². The molecule has 0 aromatic carbocycles. The maximum Gasteiger partial charge on any atom is 0.0280 e. The normalized spacial score (nSPS) is 23.2. The van der Waals surface area contributed by atoms with Gasteiger partial charge in [-0.25, -0.2) is 0 Å². The Hall–Kier alpha value is -0.160. The van der Waals surface area contributed by atoms with Crippen molar-refractivity contribution in [2.24, 2.45) is 11.5 Å². The summed E-state index contributed by atoms with van der Waals surface area (Å²) in [5.41, 5.74) is 13.1. The summed E-state index contributed by atoms with van der Waals surface area (Å²) in [6, 6.07) is 0. The van der Waals surface area contributed by atoms with Crippen LogP contribution >= 0.6 is 0 Å². The molecule has 4 heteroatoms. The van der Waals surface area contributed by atoms with Crippen LogP contribution in [0.2, 0.25) is 0 Å². The Balaban J connectivity index is 1.36. The van der Waals surface area contributed by atoms with Crippen LogP contribution in [-0.2, 0) is 0 Å². The molecule has 0 unspecified atom stereocenters. The number of hydrogen-bond donors (Lipinski definition) is 4. The lowest BCUT2D eigenvalue weighted by molar-refractivity contribution is 0.282. The molecule has 0 saturated heterocycles. The van der Waals surface area contributed by atoms with Crippen LogP contribution in [-0.4, -0.2) is 37.3 Å². The Labute approximate surface area is 149 Å². The minimum atomic E-state index is 0.0828. The Kier molecular flexibility index (Phi) is 9.02. The highest BCUT2D eigenvalue weighted by molar-refractivity contribution is 4.90. The van der Waals surface area contributed by atoms with Gasteiger partial charge in [-0.05, 0) is 51.6 Å². The molecule has 142 valence electrons. The molecule has 6 N–H and O–H groups in total. The number of nitrogens with one attached hydrogen (secondary N) is 2. The van der Waals surface area contributed by atoms with E-state index in [9.17, 15) is 0 Å². The summed E-state index contributed by atoms with van der Waals surface area (Å²) >= 11 is 0. The van der Waals surface area contributed by atoms with Crippen LogP contribution in [0.4, 0.5) is 0 Å². The van der Waals surface area contributed by atoms with Crippen LogP contribution in [0.25, 0.3) is 0 Å². The highest BCUT2D eigenvalue weighted by Crippen LogP contribution is 2.25. The van der Waals surface area contributed by atoms with Gasteiger partial charge in [0.25, 0.3) is 0 Å². The smallest absolute Gasteiger partial charge is 0.0280 e. The largest absolute Gasteiger partial charge is 0.324 e. The molecule has 0 radical (unpaired) electrons. The van der Waals surface area contributed by atoms with Crippen LogP contribution in [0.3, 0.4) is 0 Å². The second-order valence-electron chi connectivity index (χ2n) is 8.61. The van der Waals surface area contributed by atoms with Gasteiger partial charge in [-0.3, -0.25) is 0 Å². The summed E-state index contributed by atoms with van der Waals surface area (Å²) in [5, 5.41) is 7.18. The van der Waals surface area contributed by atoms with E-state index in [0.717, 1.165) is 26.2 Å². The van der Waals surface area contributed by atoms with Gasteiger partial charge in [-0.2, -0.15) is 0 Å². The van der Waals surface area contributed by atoms with Crippen molar-refractivity contribution in [3.63, 3.8) is 0 Å². The van der Waals surface area contributed by atoms with Crippen LogP contribution < -0.4 is 22.1 Å². The van der Waals surface area contributed by atoms with E-state index in [0.29, 0.717) is 0 Å². The molecule has 2 fully saturated rings. The molecule has 0 spiro atoms. The fraction of sp³-hybridized carbons (Fsp3) is 1.00. The molecule has 0 atom stereocenters. The van der Waals surface area contributed by atoms with Gasteiger partial charge >= 0.3 is 0 Å². The fourth-order valence-electron chi connectivity index (χ4n) is 4.39. The average Bonchev–Trinajstić information content (AvgIpc) is 2.58. The summed E-state index contributed by atoms with van der Waals surface area (Å²) in [4.78, 5) is 0. The molecule has 2 aliphatic carbocycles. The summed E-state index contributed by atoms with van der Waals surface area (Å²) in [5.74, 6) is 0. The van der Waals surface area contributed by atoms with Crippen molar-refractivity contribution in [3.05, 3.63) is 0 Å². The Bertz CT molecular complexity index is 288. The highest BCUT2D eigenvalue weighted by Gasteiger charge is 2.27. The quantitative estimate of drug-likeness (QED) is 0.437. The zero-order valence-corrected chi connectivity index (χ0v) is 15.9. The molecular weight excluding hydrogens is 296 g/mol. The van der Waals surface area contributed by atoms with Crippen molar-refractivity contribution in [2.75, 3.05) is 26.2 Å². The van der Waals surface area contributed by atoms with Crippen molar-refractivity contribution in [2.45, 2.75) is 101 Å². The number of unbranched alkanes of at least 4 members (excludes halogenated alkanes) is 3. The lowest BCUT2D eigenvalue weighted by Crippen LogP contribution is -2.50. The second kappa shape index (κ2) is 10.7. The third kappa shape index (κ3) is 7.81. The van der Waals surface area contributed by atoms with Gasteiger partial charge in [0.15, 0.2) is 0 Å². The fourth-order valence-corrected chi connectivity index (χ4v) is 4.39. The number of hydrogen-bond acceptors (Lipinski definition) is 4. The summed E-state index contributed by atoms with van der Waals surface area (Å²) in [6.07, 6.45) is 18.0. The van der Waals surface area contributed by atoms with E-state index in [1.807, 2.05) is 0 Å². The van der Waals surface area contributed by atoms with E-state index in [-0.39, 0.29) is 11.1 Å². The summed E-state index contributed by atoms with van der Waals surface area (Å²) < 4.78 is 0. The van der Waals surface area contributed by atoms with Gasteiger partial charge < -0.3 is 22.1 Å². The second-order valence-corrected chi connectivity index (χ2v) is 8.61. The van der Waals surface area contributed by atoms with Gasteiger partial charge in [-0.15, -0.1) is 0 Å². The van der Waals surface area contributed by atoms with Gasteiger partial charge in [-0.1, -0.05) is 51.4 Å². The van der Waals surface area contributed by atoms with Crippen molar-refractivity contribution < 1.29 is 0 Å². The molecule has 4 nitrogen and oxygen atoms in total. The number of rotatable bonds is 11. The minimum Gasteiger partial charge on any atom is -0.324 e. The molecule has 0 aromatic heterocycles. The molecule has 24 heavy (non-hydrogen) atoms. The lowest BCUT2D eigenvalue weighted by atomic mass is 9.82. The predicted molar refractivity (Wildman–Crippen MR) is 104 cm³/mol. The summed E-state index contributed by atoms with van der Waals surface area (Å²) in [7, 11) is 0. The van der Waals surface area contributed by atoms with Crippen LogP contribution in [0.5, 0.6) is 0 Å². The maximum absolute atomic E-state index is 6.45. The van der Waals surface area contributed by atoms with E-state index in [4.69, 9.17) is 11.5 Å². The van der Waals surface area contributed by atoms with Crippen molar-refractivity contribution >= 4 is 0 Å². The highest BCUT2D eigenvalue weighted by atomic mass is 14.9. The van der Waals surface area contributed by atoms with Gasteiger partial charge in [0, 0.05) is 24.2 Å². The topological polar surface area (TPSA) is 76.1 Å². The SMILES string of the molecule is NC1(CNCCCCCCNCC2(N)CCCCC2)CCCCC1. The Morgan fingerprint density at radius 2 is 0.917 bits per heavy atom. The Morgan fingerprint density at radius 3 is 1.29 bits per heavy atom. The molecule has 0 heterocycles. The van der Waals surface area contributed by atoms with Crippen molar-refractivity contribution in [3.8, 4) is 0 Å². The lowest BCUT2D eigenvalue weighted by Gasteiger charge is -2.33. The third-order valence-corrected chi connectivity index (χ3v) is 6.11. The van der Waals surface area contributed by atoms with Gasteiger partial charge in [0.05, 0.1) is 0 Å². The molecule has 2 aliphatic rings. The van der Waals surface area contributed by atoms with E-state index in [1.165, 1.54) is 89.9 Å². The third-order valence-electron chi connectivity index (χ3n) is 6.11. The maximum atomic E-state index is 6.45. The molecule has 2 rings (SSSR count). The molecular formula is C20H42N4. The number of nitrogens with two attached hydrogens (primary N) is 2. The van der Waals surface area contributed by atoms with Crippen LogP contribution in [0.1, 0.15) is 89.9 Å². The predicted octanol–water partition coefficient (Wildman–Crippen LogP) is 3.05. The van der Waals surface area contributed by atoms with Crippen molar-refractivity contribution in [1.82, 2.24) is 10.6 Å². The monoisotopic (exact) mass is 338 g/mol. The first-order valence-corrected chi connectivity index (χ1v) is 10.6. The molecule has 0 aromatic rings. The molecule has 2 saturated carbocycles. The minimum absolute atomic E-state index is 0.0828. The first-order chi connectivity index (χ1) is 11.6. The molecule has 0 aliphatic heterocycles. The standard InChI is InChI=1S/C20H42N4/c21-19(11-5-3-6-12-19)17-23-15-9-1-2-10-16-24-18-20(22)13-7-4-8-14-20/h23-24H,1-18,21-22H2. The summed E-state index contributed by atoms with van der Waals surface area (Å²) in [6.45, 7) is 4.26. The van der Waals surface area contributed by atoms with Crippen molar-refractivity contribution in [1.29, 1.82) is 0 Å². The van der Waals surface area contributed by atoms with Gasteiger partial charge in [0.1, 0.15) is 0 Å². The van der Waals surface area contributed by atoms with E-state index < -0.39 is 0 Å². The van der Waals surface area contributed by atoms with E-state index >= 15 is 0 Å². The van der Waals surface area contributed by atoms with E-state index in [1.54, 1.807) is 0 Å². The Morgan fingerprint density at radius 1 is 0.542 bits per heavy atom. The van der Waals surface area contributed by atoms with Crippen LogP contribution in [0, 0.1) is 0 Å². The average molecular weight is 339 g/mol. The molecule has 0 amide bonds. The zero-order valence-electron chi connectivity index (χ0n) is 15.9. The molecule has 0 bridgehead atoms.